The lowest BCUT2D eigenvalue weighted by Crippen LogP contribution is -2.12. The average Bonchev–Trinajstić information content (AvgIpc) is 2.56. The Morgan fingerprint density at radius 1 is 1.09 bits per heavy atom. The van der Waals surface area contributed by atoms with Gasteiger partial charge in [0, 0.05) is 16.6 Å². The van der Waals surface area contributed by atoms with Crippen molar-refractivity contribution in [2.24, 2.45) is 0 Å². The van der Waals surface area contributed by atoms with Crippen LogP contribution in [0.25, 0.3) is 0 Å². The van der Waals surface area contributed by atoms with Crippen LogP contribution in [0.3, 0.4) is 0 Å². The minimum Gasteiger partial charge on any atom is -0.493 e. The van der Waals surface area contributed by atoms with Gasteiger partial charge in [-0.1, -0.05) is 28.1 Å². The Balaban J connectivity index is 1.95. The number of ether oxygens (including phenoxy) is 2. The molecule has 1 amide bonds. The molecule has 0 aliphatic rings. The predicted molar refractivity (Wildman–Crippen MR) is 95.4 cm³/mol. The van der Waals surface area contributed by atoms with Crippen LogP contribution in [0.5, 0.6) is 11.5 Å². The van der Waals surface area contributed by atoms with E-state index in [1.54, 1.807) is 14.2 Å². The standard InChI is InChI=1S/C18H20BrNO3/c1-12-4-7-14(11-15(12)19)20-18(21)9-6-13-5-8-16(22-2)17(10-13)23-3/h4-5,7-8,10-11H,6,9H2,1-3H3,(H,20,21). The molecule has 0 heterocycles. The summed E-state index contributed by atoms with van der Waals surface area (Å²) in [7, 11) is 3.20. The number of nitrogens with one attached hydrogen (secondary N) is 1. The van der Waals surface area contributed by atoms with Crippen molar-refractivity contribution in [2.75, 3.05) is 19.5 Å². The van der Waals surface area contributed by atoms with Gasteiger partial charge in [-0.25, -0.2) is 0 Å². The molecule has 0 spiro atoms. The predicted octanol–water partition coefficient (Wildman–Crippen LogP) is 4.35. The van der Waals surface area contributed by atoms with E-state index in [0.29, 0.717) is 24.3 Å². The summed E-state index contributed by atoms with van der Waals surface area (Å²) in [5.74, 6) is 1.34. The van der Waals surface area contributed by atoms with Crippen LogP contribution in [0.4, 0.5) is 5.69 Å². The minimum absolute atomic E-state index is 0.0180. The van der Waals surface area contributed by atoms with E-state index in [1.165, 1.54) is 0 Å². The molecule has 23 heavy (non-hydrogen) atoms. The second-order valence-corrected chi connectivity index (χ2v) is 6.06. The molecule has 0 aromatic heterocycles. The molecule has 5 heteroatoms. The number of anilines is 1. The van der Waals surface area contributed by atoms with Crippen molar-refractivity contribution < 1.29 is 14.3 Å². The summed E-state index contributed by atoms with van der Waals surface area (Å²) in [5.41, 5.74) is 2.95. The van der Waals surface area contributed by atoms with Gasteiger partial charge < -0.3 is 14.8 Å². The fraction of sp³-hybridized carbons (Fsp3) is 0.278. The Morgan fingerprint density at radius 3 is 2.48 bits per heavy atom. The Morgan fingerprint density at radius 2 is 1.83 bits per heavy atom. The first-order valence-corrected chi connectivity index (χ1v) is 8.09. The highest BCUT2D eigenvalue weighted by Crippen LogP contribution is 2.28. The molecule has 0 saturated carbocycles. The molecule has 4 nitrogen and oxygen atoms in total. The van der Waals surface area contributed by atoms with Gasteiger partial charge >= 0.3 is 0 Å². The van der Waals surface area contributed by atoms with Gasteiger partial charge in [-0.05, 0) is 48.7 Å². The number of rotatable bonds is 6. The summed E-state index contributed by atoms with van der Waals surface area (Å²) in [6.45, 7) is 2.01. The Labute approximate surface area is 144 Å². The maximum absolute atomic E-state index is 12.1. The van der Waals surface area contributed by atoms with Gasteiger partial charge in [0.1, 0.15) is 0 Å². The van der Waals surface area contributed by atoms with E-state index < -0.39 is 0 Å². The Bertz CT molecular complexity index is 701. The fourth-order valence-electron chi connectivity index (χ4n) is 2.19. The third-order valence-electron chi connectivity index (χ3n) is 3.54. The number of carbonyl (C=O) groups excluding carboxylic acids is 1. The molecule has 0 bridgehead atoms. The first-order chi connectivity index (χ1) is 11.0. The van der Waals surface area contributed by atoms with Gasteiger partial charge in [0.2, 0.25) is 5.91 Å². The number of benzene rings is 2. The highest BCUT2D eigenvalue weighted by Gasteiger charge is 2.08. The molecule has 1 N–H and O–H groups in total. The van der Waals surface area contributed by atoms with Crippen LogP contribution in [0.2, 0.25) is 0 Å². The van der Waals surface area contributed by atoms with Crippen LogP contribution in [0.15, 0.2) is 40.9 Å². The summed E-state index contributed by atoms with van der Waals surface area (Å²) in [5, 5.41) is 2.91. The number of hydrogen-bond acceptors (Lipinski definition) is 3. The fourth-order valence-corrected chi connectivity index (χ4v) is 2.57. The van der Waals surface area contributed by atoms with Gasteiger partial charge in [0.25, 0.3) is 0 Å². The van der Waals surface area contributed by atoms with Crippen molar-refractivity contribution in [1.29, 1.82) is 0 Å². The average molecular weight is 378 g/mol. The summed E-state index contributed by atoms with van der Waals surface area (Å²) in [6.07, 6.45) is 1.04. The summed E-state index contributed by atoms with van der Waals surface area (Å²) < 4.78 is 11.5. The van der Waals surface area contributed by atoms with Crippen LogP contribution in [0.1, 0.15) is 17.5 Å². The second-order valence-electron chi connectivity index (χ2n) is 5.20. The second kappa shape index (κ2) is 8.02. The monoisotopic (exact) mass is 377 g/mol. The Hall–Kier alpha value is -2.01. The van der Waals surface area contributed by atoms with Crippen molar-refractivity contribution in [2.45, 2.75) is 19.8 Å². The number of hydrogen-bond donors (Lipinski definition) is 1. The van der Waals surface area contributed by atoms with Crippen LogP contribution in [0, 0.1) is 6.92 Å². The van der Waals surface area contributed by atoms with E-state index in [1.807, 2.05) is 43.3 Å². The molecule has 0 radical (unpaired) electrons. The number of carbonyl (C=O) groups is 1. The van der Waals surface area contributed by atoms with Gasteiger partial charge in [0.05, 0.1) is 14.2 Å². The highest BCUT2D eigenvalue weighted by molar-refractivity contribution is 9.10. The SMILES string of the molecule is COc1ccc(CCC(=O)Nc2ccc(C)c(Br)c2)cc1OC. The molecular weight excluding hydrogens is 358 g/mol. The molecule has 122 valence electrons. The first-order valence-electron chi connectivity index (χ1n) is 7.30. The molecule has 0 fully saturated rings. The Kier molecular flexibility index (Phi) is 6.04. The van der Waals surface area contributed by atoms with Crippen LogP contribution >= 0.6 is 15.9 Å². The first kappa shape index (κ1) is 17.3. The number of methoxy groups -OCH3 is 2. The van der Waals surface area contributed by atoms with Crippen molar-refractivity contribution in [3.05, 3.63) is 52.0 Å². The summed E-state index contributed by atoms with van der Waals surface area (Å²) >= 11 is 3.46. The van der Waals surface area contributed by atoms with E-state index >= 15 is 0 Å². The van der Waals surface area contributed by atoms with Gasteiger partial charge in [0.15, 0.2) is 11.5 Å². The normalized spacial score (nSPS) is 10.3. The zero-order valence-electron chi connectivity index (χ0n) is 13.5. The molecule has 0 atom stereocenters. The molecule has 0 saturated heterocycles. The van der Waals surface area contributed by atoms with Crippen molar-refractivity contribution in [3.8, 4) is 11.5 Å². The smallest absolute Gasteiger partial charge is 0.224 e. The third kappa shape index (κ3) is 4.73. The number of aryl methyl sites for hydroxylation is 2. The minimum atomic E-state index is -0.0180. The van der Waals surface area contributed by atoms with Crippen molar-refractivity contribution in [1.82, 2.24) is 0 Å². The molecule has 2 rings (SSSR count). The van der Waals surface area contributed by atoms with E-state index in [0.717, 1.165) is 21.3 Å². The molecule has 2 aromatic carbocycles. The molecule has 0 aliphatic carbocycles. The molecule has 0 unspecified atom stereocenters. The maximum Gasteiger partial charge on any atom is 0.224 e. The summed E-state index contributed by atoms with van der Waals surface area (Å²) in [6, 6.07) is 11.5. The van der Waals surface area contributed by atoms with Gasteiger partial charge in [-0.15, -0.1) is 0 Å². The molecular formula is C18H20BrNO3. The van der Waals surface area contributed by atoms with E-state index in [9.17, 15) is 4.79 Å². The molecule has 0 aliphatic heterocycles. The zero-order chi connectivity index (χ0) is 16.8. The highest BCUT2D eigenvalue weighted by atomic mass is 79.9. The lowest BCUT2D eigenvalue weighted by Gasteiger charge is -2.10. The van der Waals surface area contributed by atoms with Gasteiger partial charge in [-0.2, -0.15) is 0 Å². The van der Waals surface area contributed by atoms with Crippen molar-refractivity contribution in [3.63, 3.8) is 0 Å². The van der Waals surface area contributed by atoms with E-state index in [2.05, 4.69) is 21.2 Å². The van der Waals surface area contributed by atoms with E-state index in [4.69, 9.17) is 9.47 Å². The lowest BCUT2D eigenvalue weighted by atomic mass is 10.1. The third-order valence-corrected chi connectivity index (χ3v) is 4.40. The number of amides is 1. The molecule has 2 aromatic rings. The van der Waals surface area contributed by atoms with Gasteiger partial charge in [-0.3, -0.25) is 4.79 Å². The van der Waals surface area contributed by atoms with Crippen LogP contribution < -0.4 is 14.8 Å². The lowest BCUT2D eigenvalue weighted by molar-refractivity contribution is -0.116. The largest absolute Gasteiger partial charge is 0.493 e. The van der Waals surface area contributed by atoms with Crippen LogP contribution in [-0.2, 0) is 11.2 Å². The number of halogens is 1. The topological polar surface area (TPSA) is 47.6 Å². The maximum atomic E-state index is 12.1. The van der Waals surface area contributed by atoms with Crippen LogP contribution in [-0.4, -0.2) is 20.1 Å². The van der Waals surface area contributed by atoms with E-state index in [-0.39, 0.29) is 5.91 Å². The summed E-state index contributed by atoms with van der Waals surface area (Å²) in [4.78, 5) is 12.1. The zero-order valence-corrected chi connectivity index (χ0v) is 15.1. The quantitative estimate of drug-likeness (QED) is 0.813. The van der Waals surface area contributed by atoms with Crippen molar-refractivity contribution >= 4 is 27.5 Å².